The Morgan fingerprint density at radius 3 is 3.27 bits per heavy atom. The molecule has 0 saturated heterocycles. The van der Waals surface area contributed by atoms with Crippen LogP contribution in [0.3, 0.4) is 0 Å². The number of hydrogen-bond acceptors (Lipinski definition) is 2. The van der Waals surface area contributed by atoms with Crippen LogP contribution in [0.25, 0.3) is 0 Å². The summed E-state index contributed by atoms with van der Waals surface area (Å²) in [5.41, 5.74) is 2.38. The first-order chi connectivity index (χ1) is 5.38. The second-order valence-corrected chi connectivity index (χ2v) is 2.68. The summed E-state index contributed by atoms with van der Waals surface area (Å²) < 4.78 is 0. The monoisotopic (exact) mass is 146 g/mol. The van der Waals surface area contributed by atoms with Crippen molar-refractivity contribution in [3.05, 3.63) is 36.2 Å². The highest BCUT2D eigenvalue weighted by atomic mass is 14.9. The van der Waals surface area contributed by atoms with Crippen LogP contribution >= 0.6 is 0 Å². The molecule has 2 aliphatic heterocycles. The van der Waals surface area contributed by atoms with Crippen LogP contribution in [0.1, 0.15) is 6.92 Å². The van der Waals surface area contributed by atoms with Gasteiger partial charge in [-0.05, 0) is 30.8 Å². The molecule has 2 aliphatic rings. The van der Waals surface area contributed by atoms with E-state index in [-0.39, 0.29) is 0 Å². The summed E-state index contributed by atoms with van der Waals surface area (Å²) in [5, 5.41) is 3.23. The molecule has 0 fully saturated rings. The Morgan fingerprint density at radius 1 is 1.55 bits per heavy atom. The topological polar surface area (TPSA) is 24.4 Å². The number of aliphatic imine (C=N–C) groups is 1. The Labute approximate surface area is 66.0 Å². The van der Waals surface area contributed by atoms with Crippen LogP contribution in [-0.4, -0.2) is 11.8 Å². The van der Waals surface area contributed by atoms with E-state index in [1.807, 2.05) is 25.4 Å². The summed E-state index contributed by atoms with van der Waals surface area (Å²) in [7, 11) is 0. The molecule has 0 amide bonds. The van der Waals surface area contributed by atoms with E-state index in [0.29, 0.717) is 6.04 Å². The van der Waals surface area contributed by atoms with E-state index in [4.69, 9.17) is 0 Å². The quantitative estimate of drug-likeness (QED) is 0.548. The normalized spacial score (nSPS) is 26.8. The molecule has 0 bridgehead atoms. The van der Waals surface area contributed by atoms with Gasteiger partial charge in [0.15, 0.2) is 0 Å². The van der Waals surface area contributed by atoms with Crippen LogP contribution < -0.4 is 5.32 Å². The van der Waals surface area contributed by atoms with Crippen LogP contribution in [0.2, 0.25) is 0 Å². The average molecular weight is 146 g/mol. The zero-order chi connectivity index (χ0) is 7.68. The van der Waals surface area contributed by atoms with E-state index < -0.39 is 0 Å². The fourth-order valence-corrected chi connectivity index (χ4v) is 1.32. The molecule has 2 heterocycles. The first-order valence-corrected chi connectivity index (χ1v) is 3.72. The third-order valence-electron chi connectivity index (χ3n) is 1.95. The van der Waals surface area contributed by atoms with E-state index >= 15 is 0 Å². The number of hydrogen-bond donors (Lipinski definition) is 1. The summed E-state index contributed by atoms with van der Waals surface area (Å²) in [6, 6.07) is 0.345. The van der Waals surface area contributed by atoms with Crippen molar-refractivity contribution in [1.82, 2.24) is 5.32 Å². The third-order valence-corrected chi connectivity index (χ3v) is 1.95. The molecular weight excluding hydrogens is 136 g/mol. The number of allylic oxidation sites excluding steroid dienone is 2. The van der Waals surface area contributed by atoms with Crippen LogP contribution in [0.5, 0.6) is 0 Å². The number of fused-ring (bicyclic) bond motifs is 1. The third kappa shape index (κ3) is 1.00. The van der Waals surface area contributed by atoms with Gasteiger partial charge in [-0.1, -0.05) is 6.08 Å². The summed E-state index contributed by atoms with van der Waals surface area (Å²) in [6.07, 6.45) is 9.97. The highest BCUT2D eigenvalue weighted by Crippen LogP contribution is 2.14. The van der Waals surface area contributed by atoms with Gasteiger partial charge in [-0.25, -0.2) is 0 Å². The smallest absolute Gasteiger partial charge is 0.0728 e. The van der Waals surface area contributed by atoms with Gasteiger partial charge in [-0.2, -0.15) is 0 Å². The van der Waals surface area contributed by atoms with Crippen molar-refractivity contribution in [1.29, 1.82) is 0 Å². The largest absolute Gasteiger partial charge is 0.380 e. The van der Waals surface area contributed by atoms with Gasteiger partial charge in [0.05, 0.1) is 6.04 Å². The lowest BCUT2D eigenvalue weighted by atomic mass is 9.99. The molecule has 0 radical (unpaired) electrons. The second kappa shape index (κ2) is 2.38. The summed E-state index contributed by atoms with van der Waals surface area (Å²) in [6.45, 7) is 2.03. The Bertz CT molecular complexity index is 282. The molecular formula is C9H10N2. The maximum Gasteiger partial charge on any atom is 0.0728 e. The van der Waals surface area contributed by atoms with E-state index in [1.54, 1.807) is 0 Å². The van der Waals surface area contributed by atoms with Crippen molar-refractivity contribution in [2.24, 2.45) is 4.99 Å². The zero-order valence-electron chi connectivity index (χ0n) is 6.41. The number of rotatable bonds is 0. The lowest BCUT2D eigenvalue weighted by molar-refractivity contribution is 0.799. The standard InChI is InChI=1S/C9H10N2/c1-7-8-3-2-5-11-9(8)4-6-10-7/h2-6,9,11H,1H3. The van der Waals surface area contributed by atoms with Gasteiger partial charge in [-0.3, -0.25) is 4.99 Å². The van der Waals surface area contributed by atoms with Crippen LogP contribution in [0.15, 0.2) is 41.2 Å². The molecule has 0 aromatic heterocycles. The molecule has 0 spiro atoms. The minimum Gasteiger partial charge on any atom is -0.380 e. The van der Waals surface area contributed by atoms with Crippen LogP contribution in [0, 0.1) is 0 Å². The van der Waals surface area contributed by atoms with Crippen molar-refractivity contribution in [2.45, 2.75) is 13.0 Å². The number of dihydropyridines is 1. The molecule has 2 nitrogen and oxygen atoms in total. The SMILES string of the molecule is CC1=NC=CC2NC=CC=C12. The summed E-state index contributed by atoms with van der Waals surface area (Å²) in [4.78, 5) is 4.21. The Hall–Kier alpha value is -1.31. The molecule has 56 valence electrons. The van der Waals surface area contributed by atoms with Gasteiger partial charge in [0.1, 0.15) is 0 Å². The molecule has 1 N–H and O–H groups in total. The zero-order valence-corrected chi connectivity index (χ0v) is 6.41. The molecule has 0 aromatic rings. The van der Waals surface area contributed by atoms with Gasteiger partial charge >= 0.3 is 0 Å². The van der Waals surface area contributed by atoms with Crippen molar-refractivity contribution in [3.8, 4) is 0 Å². The van der Waals surface area contributed by atoms with Crippen LogP contribution in [-0.2, 0) is 0 Å². The lowest BCUT2D eigenvalue weighted by Gasteiger charge is -2.22. The lowest BCUT2D eigenvalue weighted by Crippen LogP contribution is -2.30. The fraction of sp³-hybridized carbons (Fsp3) is 0.222. The molecule has 2 rings (SSSR count). The molecule has 0 saturated carbocycles. The van der Waals surface area contributed by atoms with Gasteiger partial charge in [0.2, 0.25) is 0 Å². The first kappa shape index (κ1) is 6.40. The molecule has 1 unspecified atom stereocenters. The van der Waals surface area contributed by atoms with E-state index in [9.17, 15) is 0 Å². The van der Waals surface area contributed by atoms with Crippen molar-refractivity contribution in [3.63, 3.8) is 0 Å². The van der Waals surface area contributed by atoms with Gasteiger partial charge in [0, 0.05) is 11.9 Å². The van der Waals surface area contributed by atoms with Crippen LogP contribution in [0.4, 0.5) is 0 Å². The van der Waals surface area contributed by atoms with E-state index in [0.717, 1.165) is 5.71 Å². The molecule has 0 aliphatic carbocycles. The Kier molecular flexibility index (Phi) is 1.39. The second-order valence-electron chi connectivity index (χ2n) is 2.68. The fourth-order valence-electron chi connectivity index (χ4n) is 1.32. The van der Waals surface area contributed by atoms with E-state index in [2.05, 4.69) is 22.5 Å². The highest BCUT2D eigenvalue weighted by molar-refractivity contribution is 6.01. The summed E-state index contributed by atoms with van der Waals surface area (Å²) >= 11 is 0. The van der Waals surface area contributed by atoms with E-state index in [1.165, 1.54) is 5.57 Å². The molecule has 0 aromatic carbocycles. The predicted octanol–water partition coefficient (Wildman–Crippen LogP) is 1.39. The Balaban J connectivity index is 2.40. The maximum absolute atomic E-state index is 4.21. The molecule has 2 heteroatoms. The maximum atomic E-state index is 4.21. The van der Waals surface area contributed by atoms with Gasteiger partial charge in [-0.15, -0.1) is 0 Å². The minimum atomic E-state index is 0.345. The first-order valence-electron chi connectivity index (χ1n) is 3.72. The number of nitrogens with one attached hydrogen (secondary N) is 1. The number of nitrogens with zero attached hydrogens (tertiary/aromatic N) is 1. The predicted molar refractivity (Wildman–Crippen MR) is 46.4 cm³/mol. The molecule has 11 heavy (non-hydrogen) atoms. The molecule has 1 atom stereocenters. The average Bonchev–Trinajstić information content (AvgIpc) is 2.06. The van der Waals surface area contributed by atoms with Gasteiger partial charge < -0.3 is 5.32 Å². The van der Waals surface area contributed by atoms with Crippen molar-refractivity contribution < 1.29 is 0 Å². The summed E-state index contributed by atoms with van der Waals surface area (Å²) in [5.74, 6) is 0. The van der Waals surface area contributed by atoms with Crippen molar-refractivity contribution >= 4 is 5.71 Å². The highest BCUT2D eigenvalue weighted by Gasteiger charge is 2.15. The van der Waals surface area contributed by atoms with Gasteiger partial charge in [0.25, 0.3) is 0 Å². The van der Waals surface area contributed by atoms with Crippen molar-refractivity contribution in [2.75, 3.05) is 0 Å². The minimum absolute atomic E-state index is 0.345. The Morgan fingerprint density at radius 2 is 2.45 bits per heavy atom.